The zero-order chi connectivity index (χ0) is 25.9. The molecule has 196 valence electrons. The number of amides is 1. The SMILES string of the molecule is Cc1cc(-c2cnn3c(NCC4CCOCC4)cc(NCc4ccccn4)nc23)ccc1C(=O)NC1CC1. The lowest BCUT2D eigenvalue weighted by Crippen LogP contribution is -2.26. The van der Waals surface area contributed by atoms with E-state index in [-0.39, 0.29) is 5.91 Å². The highest BCUT2D eigenvalue weighted by Crippen LogP contribution is 2.29. The van der Waals surface area contributed by atoms with Gasteiger partial charge in [-0.1, -0.05) is 18.2 Å². The number of hydrogen-bond acceptors (Lipinski definition) is 7. The van der Waals surface area contributed by atoms with E-state index in [1.54, 1.807) is 6.20 Å². The van der Waals surface area contributed by atoms with Gasteiger partial charge in [0.2, 0.25) is 0 Å². The summed E-state index contributed by atoms with van der Waals surface area (Å²) in [7, 11) is 0. The molecule has 0 atom stereocenters. The molecule has 4 aromatic rings. The van der Waals surface area contributed by atoms with Gasteiger partial charge in [-0.2, -0.15) is 9.61 Å². The van der Waals surface area contributed by atoms with Crippen LogP contribution in [0.5, 0.6) is 0 Å². The molecule has 0 unspecified atom stereocenters. The van der Waals surface area contributed by atoms with Crippen molar-refractivity contribution in [2.75, 3.05) is 30.4 Å². The Balaban J connectivity index is 1.31. The molecule has 0 radical (unpaired) electrons. The molecular formula is C29H33N7O2. The lowest BCUT2D eigenvalue weighted by molar-refractivity contribution is 0.0699. The Kier molecular flexibility index (Phi) is 6.92. The van der Waals surface area contributed by atoms with Crippen LogP contribution in [0.2, 0.25) is 0 Å². The van der Waals surface area contributed by atoms with Crippen molar-refractivity contribution >= 4 is 23.2 Å². The van der Waals surface area contributed by atoms with E-state index >= 15 is 0 Å². The first kappa shape index (κ1) is 24.4. The molecule has 1 aliphatic carbocycles. The lowest BCUT2D eigenvalue weighted by Gasteiger charge is -2.23. The molecule has 4 heterocycles. The van der Waals surface area contributed by atoms with Crippen LogP contribution >= 0.6 is 0 Å². The van der Waals surface area contributed by atoms with Gasteiger partial charge in [-0.15, -0.1) is 0 Å². The van der Waals surface area contributed by atoms with Crippen LogP contribution in [0.15, 0.2) is 54.9 Å². The molecule has 9 heteroatoms. The third kappa shape index (κ3) is 5.47. The molecular weight excluding hydrogens is 478 g/mol. The maximum Gasteiger partial charge on any atom is 0.251 e. The van der Waals surface area contributed by atoms with Crippen LogP contribution in [0.4, 0.5) is 11.6 Å². The summed E-state index contributed by atoms with van der Waals surface area (Å²) in [5.41, 5.74) is 5.22. The largest absolute Gasteiger partial charge is 0.381 e. The summed E-state index contributed by atoms with van der Waals surface area (Å²) in [6, 6.07) is 14.1. The van der Waals surface area contributed by atoms with Gasteiger partial charge in [0.15, 0.2) is 5.65 Å². The van der Waals surface area contributed by atoms with Gasteiger partial charge in [0, 0.05) is 49.2 Å². The molecule has 0 bridgehead atoms. The number of rotatable bonds is 9. The third-order valence-electron chi connectivity index (χ3n) is 7.26. The average molecular weight is 512 g/mol. The summed E-state index contributed by atoms with van der Waals surface area (Å²) in [5, 5.41) is 14.8. The van der Waals surface area contributed by atoms with Crippen molar-refractivity contribution in [3.63, 3.8) is 0 Å². The third-order valence-corrected chi connectivity index (χ3v) is 7.26. The van der Waals surface area contributed by atoms with Gasteiger partial charge < -0.3 is 20.7 Å². The smallest absolute Gasteiger partial charge is 0.251 e. The van der Waals surface area contributed by atoms with Crippen LogP contribution in [0.25, 0.3) is 16.8 Å². The Hall–Kier alpha value is -3.98. The number of fused-ring (bicyclic) bond motifs is 1. The van der Waals surface area contributed by atoms with Gasteiger partial charge in [-0.05, 0) is 67.9 Å². The van der Waals surface area contributed by atoms with E-state index in [2.05, 4.69) is 20.9 Å². The Morgan fingerprint density at radius 3 is 2.71 bits per heavy atom. The monoisotopic (exact) mass is 511 g/mol. The standard InChI is InChI=1S/C29H33N7O2/c1-19-14-21(5-8-24(19)29(37)34-22-6-7-22)25-18-33-36-27(32-16-20-9-12-38-13-10-20)15-26(35-28(25)36)31-17-23-4-2-3-11-30-23/h2-5,8,11,14-15,18,20,22,32H,6-7,9-10,12-13,16-17H2,1H3,(H,31,35)(H,34,37). The van der Waals surface area contributed by atoms with Crippen molar-refractivity contribution in [1.29, 1.82) is 0 Å². The highest BCUT2D eigenvalue weighted by Gasteiger charge is 2.24. The molecule has 1 amide bonds. The zero-order valence-corrected chi connectivity index (χ0v) is 21.6. The van der Waals surface area contributed by atoms with Gasteiger partial charge in [0.05, 0.1) is 18.4 Å². The van der Waals surface area contributed by atoms with Crippen molar-refractivity contribution in [2.24, 2.45) is 5.92 Å². The first-order valence-corrected chi connectivity index (χ1v) is 13.4. The van der Waals surface area contributed by atoms with E-state index in [4.69, 9.17) is 14.8 Å². The molecule has 1 aliphatic heterocycles. The topological polar surface area (TPSA) is 105 Å². The van der Waals surface area contributed by atoms with E-state index in [0.29, 0.717) is 24.1 Å². The number of anilines is 2. The number of carbonyl (C=O) groups excluding carboxylic acids is 1. The number of benzene rings is 1. The molecule has 3 N–H and O–H groups in total. The molecule has 6 rings (SSSR count). The predicted molar refractivity (Wildman–Crippen MR) is 147 cm³/mol. The molecule has 9 nitrogen and oxygen atoms in total. The average Bonchev–Trinajstić information content (AvgIpc) is 3.66. The van der Waals surface area contributed by atoms with Crippen LogP contribution in [-0.4, -0.2) is 51.3 Å². The Morgan fingerprint density at radius 2 is 1.95 bits per heavy atom. The quantitative estimate of drug-likeness (QED) is 0.305. The van der Waals surface area contributed by atoms with Crippen LogP contribution in [0, 0.1) is 12.8 Å². The van der Waals surface area contributed by atoms with E-state index < -0.39 is 0 Å². The van der Waals surface area contributed by atoms with Crippen LogP contribution in [0.1, 0.15) is 47.3 Å². The fourth-order valence-corrected chi connectivity index (χ4v) is 4.84. The first-order valence-electron chi connectivity index (χ1n) is 13.4. The van der Waals surface area contributed by atoms with E-state index in [1.807, 2.05) is 60.1 Å². The summed E-state index contributed by atoms with van der Waals surface area (Å²) in [5.74, 6) is 2.18. The number of nitrogens with one attached hydrogen (secondary N) is 3. The molecule has 2 aliphatic rings. The van der Waals surface area contributed by atoms with Gasteiger partial charge >= 0.3 is 0 Å². The Labute approximate surface area is 222 Å². The van der Waals surface area contributed by atoms with Crippen LogP contribution in [-0.2, 0) is 11.3 Å². The second kappa shape index (κ2) is 10.8. The number of aryl methyl sites for hydroxylation is 1. The molecule has 1 aromatic carbocycles. The Morgan fingerprint density at radius 1 is 1.08 bits per heavy atom. The number of aromatic nitrogens is 4. The second-order valence-electron chi connectivity index (χ2n) is 10.2. The fraction of sp³-hybridized carbons (Fsp3) is 0.379. The molecule has 1 saturated heterocycles. The van der Waals surface area contributed by atoms with Gasteiger partial charge in [0.1, 0.15) is 11.6 Å². The summed E-state index contributed by atoms with van der Waals surface area (Å²) < 4.78 is 7.39. The van der Waals surface area contributed by atoms with Crippen LogP contribution in [0.3, 0.4) is 0 Å². The van der Waals surface area contributed by atoms with Crippen molar-refractivity contribution < 1.29 is 9.53 Å². The number of nitrogens with zero attached hydrogens (tertiary/aromatic N) is 4. The van der Waals surface area contributed by atoms with Crippen LogP contribution < -0.4 is 16.0 Å². The minimum absolute atomic E-state index is 0.00449. The van der Waals surface area contributed by atoms with E-state index in [9.17, 15) is 4.79 Å². The molecule has 0 spiro atoms. The van der Waals surface area contributed by atoms with Gasteiger partial charge in [-0.25, -0.2) is 4.98 Å². The number of carbonyl (C=O) groups is 1. The number of hydrogen-bond donors (Lipinski definition) is 3. The van der Waals surface area contributed by atoms with Crippen molar-refractivity contribution in [1.82, 2.24) is 24.9 Å². The van der Waals surface area contributed by atoms with Crippen molar-refractivity contribution in [2.45, 2.75) is 45.2 Å². The summed E-state index contributed by atoms with van der Waals surface area (Å²) >= 11 is 0. The number of pyridine rings is 1. The molecule has 3 aromatic heterocycles. The second-order valence-corrected chi connectivity index (χ2v) is 10.2. The summed E-state index contributed by atoms with van der Waals surface area (Å²) in [6.45, 7) is 5.02. The maximum absolute atomic E-state index is 12.6. The highest BCUT2D eigenvalue weighted by molar-refractivity contribution is 5.97. The normalized spacial score (nSPS) is 15.9. The Bertz CT molecular complexity index is 1430. The van der Waals surface area contributed by atoms with Crippen molar-refractivity contribution in [3.05, 3.63) is 71.7 Å². The molecule has 38 heavy (non-hydrogen) atoms. The lowest BCUT2D eigenvalue weighted by atomic mass is 10.0. The van der Waals surface area contributed by atoms with Crippen molar-refractivity contribution in [3.8, 4) is 11.1 Å². The fourth-order valence-electron chi connectivity index (χ4n) is 4.84. The highest BCUT2D eigenvalue weighted by atomic mass is 16.5. The molecule has 1 saturated carbocycles. The summed E-state index contributed by atoms with van der Waals surface area (Å²) in [4.78, 5) is 22.0. The van der Waals surface area contributed by atoms with E-state index in [0.717, 1.165) is 85.1 Å². The molecule has 2 fully saturated rings. The van der Waals surface area contributed by atoms with E-state index in [1.165, 1.54) is 0 Å². The van der Waals surface area contributed by atoms with Gasteiger partial charge in [0.25, 0.3) is 5.91 Å². The minimum atomic E-state index is -0.00449. The minimum Gasteiger partial charge on any atom is -0.381 e. The van der Waals surface area contributed by atoms with Gasteiger partial charge in [-0.3, -0.25) is 9.78 Å². The first-order chi connectivity index (χ1) is 18.6. The predicted octanol–water partition coefficient (Wildman–Crippen LogP) is 4.44. The maximum atomic E-state index is 12.6. The summed E-state index contributed by atoms with van der Waals surface area (Å²) in [6.07, 6.45) is 7.88. The zero-order valence-electron chi connectivity index (χ0n) is 21.6. The number of ether oxygens (including phenoxy) is 1.